The van der Waals surface area contributed by atoms with Gasteiger partial charge < -0.3 is 15.2 Å². The topological polar surface area (TPSA) is 91.0 Å². The molecule has 2 atom stereocenters. The molecule has 0 aliphatic carbocycles. The fraction of sp³-hybridized carbons (Fsp3) is 0.267. The summed E-state index contributed by atoms with van der Waals surface area (Å²) in [6.45, 7) is 0. The van der Waals surface area contributed by atoms with Crippen molar-refractivity contribution in [2.24, 2.45) is 16.1 Å². The SMILES string of the molecule is COC(=O)C12C(=O)OC(c3ccccc3)(C=C1SC)N=C2N. The number of carbonyl (C=O) groups excluding carboxylic acids is 2. The van der Waals surface area contributed by atoms with E-state index in [9.17, 15) is 9.59 Å². The minimum Gasteiger partial charge on any atom is -0.468 e. The molecule has 4 rings (SSSR count). The number of hydrogen-bond acceptors (Lipinski definition) is 7. The molecule has 0 saturated heterocycles. The smallest absolute Gasteiger partial charge is 0.339 e. The van der Waals surface area contributed by atoms with Crippen LogP contribution in [0.3, 0.4) is 0 Å². The van der Waals surface area contributed by atoms with E-state index in [1.807, 2.05) is 18.2 Å². The van der Waals surface area contributed by atoms with Crippen LogP contribution in [0.25, 0.3) is 0 Å². The predicted octanol–water partition coefficient (Wildman–Crippen LogP) is 1.17. The Labute approximate surface area is 131 Å². The number of hydrogen-bond donors (Lipinski definition) is 1. The molecule has 0 saturated carbocycles. The van der Waals surface area contributed by atoms with Crippen LogP contribution in [0, 0.1) is 5.41 Å². The zero-order valence-electron chi connectivity index (χ0n) is 12.0. The van der Waals surface area contributed by atoms with Crippen molar-refractivity contribution < 1.29 is 19.1 Å². The molecule has 1 aromatic carbocycles. The second kappa shape index (κ2) is 4.88. The maximum atomic E-state index is 12.6. The Kier molecular flexibility index (Phi) is 3.25. The molecule has 1 aromatic rings. The molecular formula is C15H14N2O4S. The van der Waals surface area contributed by atoms with Crippen molar-refractivity contribution in [3.63, 3.8) is 0 Å². The Balaban J connectivity index is 2.25. The number of dihydropyridines is 1. The number of nitrogens with two attached hydrogens (primary N) is 1. The van der Waals surface area contributed by atoms with Crippen molar-refractivity contribution >= 4 is 29.5 Å². The summed E-state index contributed by atoms with van der Waals surface area (Å²) in [5.74, 6) is -1.66. The zero-order chi connectivity index (χ0) is 16.0. The van der Waals surface area contributed by atoms with Crippen LogP contribution in [-0.4, -0.2) is 31.1 Å². The number of methoxy groups -OCH3 is 1. The number of rotatable bonds is 3. The number of benzene rings is 1. The molecule has 3 aliphatic heterocycles. The minimum absolute atomic E-state index is 0.105. The molecule has 22 heavy (non-hydrogen) atoms. The fourth-order valence-corrected chi connectivity index (χ4v) is 3.57. The number of esters is 2. The van der Waals surface area contributed by atoms with E-state index < -0.39 is 23.1 Å². The number of carbonyl (C=O) groups is 2. The number of nitrogens with zero attached hydrogens (tertiary/aromatic N) is 1. The van der Waals surface area contributed by atoms with Crippen molar-refractivity contribution in [2.45, 2.75) is 5.72 Å². The van der Waals surface area contributed by atoms with Crippen LogP contribution >= 0.6 is 11.8 Å². The quantitative estimate of drug-likeness (QED) is 0.664. The van der Waals surface area contributed by atoms with Gasteiger partial charge in [0.25, 0.3) is 11.1 Å². The highest BCUT2D eigenvalue weighted by molar-refractivity contribution is 8.02. The Morgan fingerprint density at radius 1 is 1.36 bits per heavy atom. The second-order valence-corrected chi connectivity index (χ2v) is 5.75. The van der Waals surface area contributed by atoms with Crippen LogP contribution in [0.2, 0.25) is 0 Å². The molecule has 0 radical (unpaired) electrons. The average Bonchev–Trinajstić information content (AvgIpc) is 2.54. The molecular weight excluding hydrogens is 304 g/mol. The second-order valence-electron chi connectivity index (χ2n) is 4.90. The lowest BCUT2D eigenvalue weighted by atomic mass is 9.78. The fourth-order valence-electron chi connectivity index (χ4n) is 2.72. The van der Waals surface area contributed by atoms with E-state index in [0.717, 1.165) is 0 Å². The molecule has 6 nitrogen and oxygen atoms in total. The summed E-state index contributed by atoms with van der Waals surface area (Å²) >= 11 is 1.25. The lowest BCUT2D eigenvalue weighted by molar-refractivity contribution is -0.175. The first-order valence-corrected chi connectivity index (χ1v) is 7.74. The van der Waals surface area contributed by atoms with Crippen LogP contribution in [0.5, 0.6) is 0 Å². The number of amidine groups is 1. The third-order valence-corrected chi connectivity index (χ3v) is 4.68. The van der Waals surface area contributed by atoms with E-state index in [2.05, 4.69) is 4.99 Å². The molecule has 2 unspecified atom stereocenters. The van der Waals surface area contributed by atoms with Crippen molar-refractivity contribution in [2.75, 3.05) is 13.4 Å². The Bertz CT molecular complexity index is 716. The molecule has 0 spiro atoms. The van der Waals surface area contributed by atoms with Gasteiger partial charge in [-0.1, -0.05) is 30.3 Å². The summed E-state index contributed by atoms with van der Waals surface area (Å²) in [4.78, 5) is 29.6. The van der Waals surface area contributed by atoms with Crippen molar-refractivity contribution in [3.05, 3.63) is 46.9 Å². The first kappa shape index (κ1) is 14.6. The van der Waals surface area contributed by atoms with Crippen LogP contribution < -0.4 is 5.73 Å². The van der Waals surface area contributed by atoms with Gasteiger partial charge in [-0.3, -0.25) is 0 Å². The summed E-state index contributed by atoms with van der Waals surface area (Å²) in [6, 6.07) is 9.04. The van der Waals surface area contributed by atoms with E-state index in [1.54, 1.807) is 24.5 Å². The van der Waals surface area contributed by atoms with Crippen molar-refractivity contribution in [1.82, 2.24) is 0 Å². The first-order valence-electron chi connectivity index (χ1n) is 6.52. The summed E-state index contributed by atoms with van der Waals surface area (Å²) in [5.41, 5.74) is 3.56. The van der Waals surface area contributed by atoms with Gasteiger partial charge in [0.2, 0.25) is 0 Å². The molecule has 2 N–H and O–H groups in total. The lowest BCUT2D eigenvalue weighted by Gasteiger charge is -2.44. The standard InChI is InChI=1S/C15H14N2O4S/c1-20-12(18)15-10(22-2)8-14(17-11(15)16,21-13(15)19)9-6-4-3-5-7-9/h3-8H,1-2H3,(H2,16,17). The minimum atomic E-state index is -1.79. The van der Waals surface area contributed by atoms with Crippen molar-refractivity contribution in [1.29, 1.82) is 0 Å². The zero-order valence-corrected chi connectivity index (χ0v) is 12.8. The van der Waals surface area contributed by atoms with E-state index in [1.165, 1.54) is 18.9 Å². The highest BCUT2D eigenvalue weighted by Crippen LogP contribution is 2.51. The van der Waals surface area contributed by atoms with E-state index in [0.29, 0.717) is 10.5 Å². The van der Waals surface area contributed by atoms with Crippen LogP contribution in [0.1, 0.15) is 5.56 Å². The molecule has 2 bridgehead atoms. The van der Waals surface area contributed by atoms with Gasteiger partial charge in [0, 0.05) is 10.5 Å². The normalized spacial score (nSPS) is 29.5. The monoisotopic (exact) mass is 318 g/mol. The molecule has 3 aliphatic rings. The van der Waals surface area contributed by atoms with Gasteiger partial charge in [0.05, 0.1) is 7.11 Å². The van der Waals surface area contributed by atoms with Gasteiger partial charge in [0.1, 0.15) is 5.84 Å². The molecule has 7 heteroatoms. The van der Waals surface area contributed by atoms with Gasteiger partial charge in [-0.25, -0.2) is 14.6 Å². The Morgan fingerprint density at radius 2 is 2.05 bits per heavy atom. The average molecular weight is 318 g/mol. The largest absolute Gasteiger partial charge is 0.468 e. The van der Waals surface area contributed by atoms with Crippen LogP contribution in [-0.2, 0) is 24.8 Å². The third kappa shape index (κ3) is 1.65. The molecule has 0 amide bonds. The van der Waals surface area contributed by atoms with Crippen molar-refractivity contribution in [3.8, 4) is 0 Å². The van der Waals surface area contributed by atoms with E-state index in [4.69, 9.17) is 15.2 Å². The van der Waals surface area contributed by atoms with E-state index >= 15 is 0 Å². The summed E-state index contributed by atoms with van der Waals surface area (Å²) < 4.78 is 10.3. The van der Waals surface area contributed by atoms with Gasteiger partial charge in [-0.2, -0.15) is 0 Å². The first-order chi connectivity index (χ1) is 10.5. The van der Waals surface area contributed by atoms with Crippen LogP contribution in [0.15, 0.2) is 46.3 Å². The molecule has 0 fully saturated rings. The number of thioether (sulfide) groups is 1. The maximum absolute atomic E-state index is 12.6. The Hall–Kier alpha value is -2.28. The highest BCUT2D eigenvalue weighted by atomic mass is 32.2. The number of fused-ring (bicyclic) bond motifs is 1. The van der Waals surface area contributed by atoms with Gasteiger partial charge in [0.15, 0.2) is 0 Å². The molecule has 3 heterocycles. The Morgan fingerprint density at radius 3 is 2.59 bits per heavy atom. The number of aliphatic imine (C=N–C) groups is 1. The number of ether oxygens (including phenoxy) is 2. The highest BCUT2D eigenvalue weighted by Gasteiger charge is 2.65. The lowest BCUT2D eigenvalue weighted by Crippen LogP contribution is -2.61. The van der Waals surface area contributed by atoms with Gasteiger partial charge >= 0.3 is 11.9 Å². The third-order valence-electron chi connectivity index (χ3n) is 3.82. The summed E-state index contributed by atoms with van der Waals surface area (Å²) in [6.07, 6.45) is 3.41. The van der Waals surface area contributed by atoms with Gasteiger partial charge in [-0.05, 0) is 12.3 Å². The summed E-state index contributed by atoms with van der Waals surface area (Å²) in [7, 11) is 1.20. The van der Waals surface area contributed by atoms with Crippen LogP contribution in [0.4, 0.5) is 0 Å². The molecule has 0 aromatic heterocycles. The summed E-state index contributed by atoms with van der Waals surface area (Å²) in [5, 5.41) is 0. The maximum Gasteiger partial charge on any atom is 0.339 e. The predicted molar refractivity (Wildman–Crippen MR) is 81.9 cm³/mol. The van der Waals surface area contributed by atoms with Gasteiger partial charge in [-0.15, -0.1) is 11.8 Å². The molecule has 114 valence electrons. The van der Waals surface area contributed by atoms with E-state index in [-0.39, 0.29) is 5.84 Å².